The van der Waals surface area contributed by atoms with Crippen LogP contribution in [0.5, 0.6) is 0 Å². The highest BCUT2D eigenvalue weighted by Crippen LogP contribution is 2.27. The van der Waals surface area contributed by atoms with Crippen LogP contribution >= 0.6 is 0 Å². The summed E-state index contributed by atoms with van der Waals surface area (Å²) in [6.45, 7) is 6.75. The summed E-state index contributed by atoms with van der Waals surface area (Å²) in [6.07, 6.45) is 2.21. The van der Waals surface area contributed by atoms with Gasteiger partial charge in [0, 0.05) is 19.0 Å². The maximum atomic E-state index is 12.4. The molecule has 2 rings (SSSR count). The Labute approximate surface area is 120 Å². The summed E-state index contributed by atoms with van der Waals surface area (Å²) in [4.78, 5) is 12.4. The standard InChI is InChI=1S/C16H22N2O2/c1-3-7-14-10-18-11-16(14,17)15(19)20-12(2)13-8-5-4-6-9-13/h3-6,8-9,12,14,18H,1,7,10-11,17H2,2H3/t12-,14+,16+/m1/s1. The molecule has 0 bridgehead atoms. The number of benzene rings is 1. The quantitative estimate of drug-likeness (QED) is 0.634. The molecule has 1 heterocycles. The highest BCUT2D eigenvalue weighted by molar-refractivity contribution is 5.82. The number of hydrogen-bond acceptors (Lipinski definition) is 4. The normalized spacial score (nSPS) is 27.0. The first-order chi connectivity index (χ1) is 9.58. The van der Waals surface area contributed by atoms with Crippen LogP contribution in [0.15, 0.2) is 43.0 Å². The molecule has 1 aromatic carbocycles. The molecule has 1 aliphatic heterocycles. The van der Waals surface area contributed by atoms with Crippen molar-refractivity contribution in [2.75, 3.05) is 13.1 Å². The molecule has 0 unspecified atom stereocenters. The predicted octanol–water partition coefficient (Wildman–Crippen LogP) is 1.78. The van der Waals surface area contributed by atoms with Gasteiger partial charge in [-0.2, -0.15) is 0 Å². The number of carbonyl (C=O) groups is 1. The molecule has 0 spiro atoms. The molecule has 1 saturated heterocycles. The van der Waals surface area contributed by atoms with Gasteiger partial charge in [-0.25, -0.2) is 4.79 Å². The Hall–Kier alpha value is -1.65. The lowest BCUT2D eigenvalue weighted by atomic mass is 9.85. The monoisotopic (exact) mass is 274 g/mol. The largest absolute Gasteiger partial charge is 0.456 e. The minimum absolute atomic E-state index is 0.0375. The molecule has 4 nitrogen and oxygen atoms in total. The van der Waals surface area contributed by atoms with Gasteiger partial charge in [-0.15, -0.1) is 6.58 Å². The van der Waals surface area contributed by atoms with Gasteiger partial charge in [-0.05, 0) is 18.9 Å². The zero-order valence-corrected chi connectivity index (χ0v) is 11.8. The maximum absolute atomic E-state index is 12.4. The van der Waals surface area contributed by atoms with E-state index in [4.69, 9.17) is 10.5 Å². The summed E-state index contributed by atoms with van der Waals surface area (Å²) in [5.41, 5.74) is 6.28. The van der Waals surface area contributed by atoms with Gasteiger partial charge in [-0.1, -0.05) is 36.4 Å². The Bertz CT molecular complexity index is 475. The van der Waals surface area contributed by atoms with Crippen LogP contribution in [0.1, 0.15) is 25.0 Å². The van der Waals surface area contributed by atoms with E-state index in [1.54, 1.807) is 6.08 Å². The van der Waals surface area contributed by atoms with Crippen molar-refractivity contribution >= 4 is 5.97 Å². The second-order valence-electron chi connectivity index (χ2n) is 5.35. The molecular weight excluding hydrogens is 252 g/mol. The van der Waals surface area contributed by atoms with Gasteiger partial charge in [0.1, 0.15) is 11.6 Å². The lowest BCUT2D eigenvalue weighted by Crippen LogP contribution is -2.55. The average molecular weight is 274 g/mol. The first-order valence-corrected chi connectivity index (χ1v) is 6.94. The number of nitrogens with two attached hydrogens (primary N) is 1. The maximum Gasteiger partial charge on any atom is 0.328 e. The van der Waals surface area contributed by atoms with Crippen LogP contribution in [-0.2, 0) is 9.53 Å². The van der Waals surface area contributed by atoms with Gasteiger partial charge < -0.3 is 15.8 Å². The molecule has 4 heteroatoms. The van der Waals surface area contributed by atoms with Crippen molar-refractivity contribution in [2.24, 2.45) is 11.7 Å². The lowest BCUT2D eigenvalue weighted by molar-refractivity contribution is -0.156. The number of rotatable bonds is 5. The molecule has 0 aromatic heterocycles. The van der Waals surface area contributed by atoms with Crippen LogP contribution in [0.2, 0.25) is 0 Å². The van der Waals surface area contributed by atoms with E-state index in [1.165, 1.54) is 0 Å². The highest BCUT2D eigenvalue weighted by atomic mass is 16.5. The highest BCUT2D eigenvalue weighted by Gasteiger charge is 2.47. The molecule has 1 aromatic rings. The van der Waals surface area contributed by atoms with E-state index in [0.717, 1.165) is 12.1 Å². The van der Waals surface area contributed by atoms with Crippen LogP contribution in [-0.4, -0.2) is 24.6 Å². The topological polar surface area (TPSA) is 64.3 Å². The van der Waals surface area contributed by atoms with Crippen LogP contribution in [0.3, 0.4) is 0 Å². The number of hydrogen-bond donors (Lipinski definition) is 2. The Morgan fingerprint density at radius 3 is 2.95 bits per heavy atom. The predicted molar refractivity (Wildman–Crippen MR) is 79.0 cm³/mol. The van der Waals surface area contributed by atoms with Crippen molar-refractivity contribution in [2.45, 2.75) is 25.0 Å². The molecule has 0 radical (unpaired) electrons. The summed E-state index contributed by atoms with van der Waals surface area (Å²) >= 11 is 0. The van der Waals surface area contributed by atoms with E-state index >= 15 is 0 Å². The van der Waals surface area contributed by atoms with Crippen molar-refractivity contribution in [1.29, 1.82) is 0 Å². The summed E-state index contributed by atoms with van der Waals surface area (Å²) in [7, 11) is 0. The van der Waals surface area contributed by atoms with Crippen LogP contribution in [0.4, 0.5) is 0 Å². The first-order valence-electron chi connectivity index (χ1n) is 6.94. The summed E-state index contributed by atoms with van der Waals surface area (Å²) < 4.78 is 5.56. The third-order valence-electron chi connectivity index (χ3n) is 3.92. The number of ether oxygens (including phenoxy) is 1. The van der Waals surface area contributed by atoms with E-state index in [1.807, 2.05) is 37.3 Å². The number of carbonyl (C=O) groups excluding carboxylic acids is 1. The summed E-state index contributed by atoms with van der Waals surface area (Å²) in [6, 6.07) is 9.67. The van der Waals surface area contributed by atoms with E-state index < -0.39 is 5.54 Å². The van der Waals surface area contributed by atoms with Crippen molar-refractivity contribution < 1.29 is 9.53 Å². The van der Waals surface area contributed by atoms with Gasteiger partial charge in [-0.3, -0.25) is 0 Å². The Balaban J connectivity index is 2.05. The molecule has 20 heavy (non-hydrogen) atoms. The third-order valence-corrected chi connectivity index (χ3v) is 3.92. The van der Waals surface area contributed by atoms with Gasteiger partial charge in [0.05, 0.1) is 0 Å². The van der Waals surface area contributed by atoms with Gasteiger partial charge in [0.2, 0.25) is 0 Å². The van der Waals surface area contributed by atoms with Crippen molar-refractivity contribution in [1.82, 2.24) is 5.32 Å². The SMILES string of the molecule is C=CC[C@H]1CNC[C@@]1(N)C(=O)O[C@H](C)c1ccccc1. The molecule has 0 amide bonds. The van der Waals surface area contributed by atoms with Crippen molar-refractivity contribution in [3.63, 3.8) is 0 Å². The Morgan fingerprint density at radius 2 is 2.30 bits per heavy atom. The number of nitrogens with one attached hydrogen (secondary N) is 1. The molecule has 3 atom stereocenters. The van der Waals surface area contributed by atoms with Crippen LogP contribution in [0.25, 0.3) is 0 Å². The molecule has 1 fully saturated rings. The molecule has 0 saturated carbocycles. The second-order valence-corrected chi connectivity index (χ2v) is 5.35. The van der Waals surface area contributed by atoms with Crippen molar-refractivity contribution in [3.8, 4) is 0 Å². The first kappa shape index (κ1) is 14.8. The minimum Gasteiger partial charge on any atom is -0.456 e. The second kappa shape index (κ2) is 6.20. The number of allylic oxidation sites excluding steroid dienone is 1. The molecule has 1 aliphatic rings. The minimum atomic E-state index is -0.961. The smallest absolute Gasteiger partial charge is 0.328 e. The Kier molecular flexibility index (Phi) is 4.57. The van der Waals surface area contributed by atoms with Crippen LogP contribution < -0.4 is 11.1 Å². The fraction of sp³-hybridized carbons (Fsp3) is 0.438. The molecule has 0 aliphatic carbocycles. The lowest BCUT2D eigenvalue weighted by Gasteiger charge is -2.29. The fourth-order valence-electron chi connectivity index (χ4n) is 2.58. The van der Waals surface area contributed by atoms with E-state index in [-0.39, 0.29) is 18.0 Å². The Morgan fingerprint density at radius 1 is 1.60 bits per heavy atom. The summed E-state index contributed by atoms with van der Waals surface area (Å²) in [5, 5.41) is 3.17. The average Bonchev–Trinajstić information content (AvgIpc) is 2.83. The fourth-order valence-corrected chi connectivity index (χ4v) is 2.58. The molecular formula is C16H22N2O2. The van der Waals surface area contributed by atoms with Gasteiger partial charge in [0.25, 0.3) is 0 Å². The van der Waals surface area contributed by atoms with E-state index in [2.05, 4.69) is 11.9 Å². The number of esters is 1. The van der Waals surface area contributed by atoms with Gasteiger partial charge >= 0.3 is 5.97 Å². The van der Waals surface area contributed by atoms with E-state index in [9.17, 15) is 4.79 Å². The van der Waals surface area contributed by atoms with Crippen molar-refractivity contribution in [3.05, 3.63) is 48.6 Å². The van der Waals surface area contributed by atoms with Gasteiger partial charge in [0.15, 0.2) is 0 Å². The van der Waals surface area contributed by atoms with E-state index in [0.29, 0.717) is 13.0 Å². The zero-order valence-electron chi connectivity index (χ0n) is 11.8. The zero-order chi connectivity index (χ0) is 14.6. The summed E-state index contributed by atoms with van der Waals surface area (Å²) in [5.74, 6) is -0.304. The molecule has 3 N–H and O–H groups in total. The van der Waals surface area contributed by atoms with Crippen LogP contribution in [0, 0.1) is 5.92 Å². The molecule has 108 valence electrons. The third kappa shape index (κ3) is 2.92.